The lowest BCUT2D eigenvalue weighted by Gasteiger charge is -2.14. The average molecular weight is 275 g/mol. The van der Waals surface area contributed by atoms with E-state index in [0.717, 1.165) is 0 Å². The van der Waals surface area contributed by atoms with Crippen LogP contribution in [0, 0.1) is 0 Å². The normalized spacial score (nSPS) is 11.4. The van der Waals surface area contributed by atoms with Gasteiger partial charge in [0.2, 0.25) is 0 Å². The van der Waals surface area contributed by atoms with Crippen molar-refractivity contribution in [3.05, 3.63) is 54.5 Å². The maximum absolute atomic E-state index is 11.8. The molecule has 1 N–H and O–H groups in total. The van der Waals surface area contributed by atoms with Gasteiger partial charge in [-0.3, -0.25) is 0 Å². The van der Waals surface area contributed by atoms with E-state index in [1.807, 2.05) is 0 Å². The highest BCUT2D eigenvalue weighted by molar-refractivity contribution is 5.82. The number of esters is 1. The highest BCUT2D eigenvalue weighted by Gasteiger charge is 2.26. The zero-order valence-corrected chi connectivity index (χ0v) is 10.7. The summed E-state index contributed by atoms with van der Waals surface area (Å²) in [6.45, 7) is 0. The molecular formula is C14H13NO5. The number of benzene rings is 1. The van der Waals surface area contributed by atoms with Crippen LogP contribution < -0.4 is 10.1 Å². The fourth-order valence-electron chi connectivity index (χ4n) is 1.56. The van der Waals surface area contributed by atoms with Crippen LogP contribution in [0.15, 0.2) is 53.1 Å². The van der Waals surface area contributed by atoms with E-state index in [1.165, 1.54) is 13.4 Å². The van der Waals surface area contributed by atoms with Crippen LogP contribution in [0.25, 0.3) is 0 Å². The van der Waals surface area contributed by atoms with Crippen molar-refractivity contribution in [1.29, 1.82) is 0 Å². The quantitative estimate of drug-likeness (QED) is 0.866. The Balaban J connectivity index is 2.05. The van der Waals surface area contributed by atoms with Crippen LogP contribution in [0.4, 0.5) is 4.79 Å². The van der Waals surface area contributed by atoms with Gasteiger partial charge < -0.3 is 19.2 Å². The summed E-state index contributed by atoms with van der Waals surface area (Å²) >= 11 is 0. The molecular weight excluding hydrogens is 262 g/mol. The van der Waals surface area contributed by atoms with Crippen LogP contribution in [0.1, 0.15) is 11.8 Å². The topological polar surface area (TPSA) is 77.8 Å². The van der Waals surface area contributed by atoms with Crippen LogP contribution >= 0.6 is 0 Å². The molecule has 0 aliphatic heterocycles. The van der Waals surface area contributed by atoms with E-state index in [2.05, 4.69) is 10.1 Å². The molecule has 6 nitrogen and oxygen atoms in total. The number of hydrogen-bond acceptors (Lipinski definition) is 5. The van der Waals surface area contributed by atoms with Gasteiger partial charge in [0.05, 0.1) is 13.4 Å². The fourth-order valence-corrected chi connectivity index (χ4v) is 1.56. The summed E-state index contributed by atoms with van der Waals surface area (Å²) in [6, 6.07) is 10.6. The van der Waals surface area contributed by atoms with E-state index < -0.39 is 18.1 Å². The van der Waals surface area contributed by atoms with Crippen LogP contribution in [0.3, 0.4) is 0 Å². The second kappa shape index (κ2) is 6.42. The van der Waals surface area contributed by atoms with Crippen molar-refractivity contribution >= 4 is 12.1 Å². The summed E-state index contributed by atoms with van der Waals surface area (Å²) in [5, 5.41) is 2.39. The molecule has 0 saturated heterocycles. The summed E-state index contributed by atoms with van der Waals surface area (Å²) in [6.07, 6.45) is 0.623. The molecule has 1 amide bonds. The molecule has 0 fully saturated rings. The first-order valence-corrected chi connectivity index (χ1v) is 5.85. The number of carbonyl (C=O) groups is 2. The molecule has 20 heavy (non-hydrogen) atoms. The first-order chi connectivity index (χ1) is 9.70. The zero-order chi connectivity index (χ0) is 14.4. The molecule has 1 aromatic heterocycles. The average Bonchev–Trinajstić information content (AvgIpc) is 2.99. The van der Waals surface area contributed by atoms with Crippen LogP contribution in [-0.4, -0.2) is 19.2 Å². The van der Waals surface area contributed by atoms with E-state index in [1.54, 1.807) is 42.5 Å². The lowest BCUT2D eigenvalue weighted by Crippen LogP contribution is -2.36. The van der Waals surface area contributed by atoms with Crippen LogP contribution in [-0.2, 0) is 9.53 Å². The Labute approximate surface area is 115 Å². The predicted molar refractivity (Wildman–Crippen MR) is 69.1 cm³/mol. The minimum absolute atomic E-state index is 0.266. The third-order valence-corrected chi connectivity index (χ3v) is 2.48. The number of methoxy groups -OCH3 is 1. The number of furan rings is 1. The van der Waals surface area contributed by atoms with Crippen molar-refractivity contribution in [3.63, 3.8) is 0 Å². The van der Waals surface area contributed by atoms with Gasteiger partial charge in [0, 0.05) is 0 Å². The maximum atomic E-state index is 11.8. The Morgan fingerprint density at radius 2 is 1.90 bits per heavy atom. The first-order valence-electron chi connectivity index (χ1n) is 5.85. The summed E-state index contributed by atoms with van der Waals surface area (Å²) in [5.74, 6) is -0.0140. The number of hydrogen-bond donors (Lipinski definition) is 1. The Morgan fingerprint density at radius 3 is 2.50 bits per heavy atom. The summed E-state index contributed by atoms with van der Waals surface area (Å²) in [5.41, 5.74) is 0. The Hall–Kier alpha value is -2.76. The largest absolute Gasteiger partial charge is 0.467 e. The molecule has 0 saturated carbocycles. The highest BCUT2D eigenvalue weighted by Crippen LogP contribution is 2.16. The number of nitrogens with one attached hydrogen (secondary N) is 1. The van der Waals surface area contributed by atoms with Crippen LogP contribution in [0.5, 0.6) is 5.75 Å². The maximum Gasteiger partial charge on any atom is 0.413 e. The second-order valence-electron chi connectivity index (χ2n) is 3.82. The van der Waals surface area contributed by atoms with Crippen molar-refractivity contribution in [2.75, 3.05) is 7.11 Å². The molecule has 1 heterocycles. The minimum Gasteiger partial charge on any atom is -0.467 e. The molecule has 1 atom stereocenters. The molecule has 1 aromatic carbocycles. The number of para-hydroxylation sites is 1. The Kier molecular flexibility index (Phi) is 4.39. The molecule has 0 spiro atoms. The van der Waals surface area contributed by atoms with Crippen molar-refractivity contribution < 1.29 is 23.5 Å². The van der Waals surface area contributed by atoms with Crippen molar-refractivity contribution in [3.8, 4) is 5.75 Å². The smallest absolute Gasteiger partial charge is 0.413 e. The van der Waals surface area contributed by atoms with Crippen LogP contribution in [0.2, 0.25) is 0 Å². The van der Waals surface area contributed by atoms with Gasteiger partial charge in [0.1, 0.15) is 11.5 Å². The second-order valence-corrected chi connectivity index (χ2v) is 3.82. The molecule has 2 aromatic rings. The standard InChI is InChI=1S/C14H13NO5/c1-18-13(16)12(11-8-5-9-19-11)15-14(17)20-10-6-3-2-4-7-10/h2-9,12H,1H3,(H,15,17). The molecule has 104 valence electrons. The third-order valence-electron chi connectivity index (χ3n) is 2.48. The molecule has 0 aliphatic rings. The number of carbonyl (C=O) groups excluding carboxylic acids is 2. The fraction of sp³-hybridized carbons (Fsp3) is 0.143. The summed E-state index contributed by atoms with van der Waals surface area (Å²) < 4.78 is 14.8. The monoisotopic (exact) mass is 275 g/mol. The van der Waals surface area contributed by atoms with Gasteiger partial charge in [-0.05, 0) is 24.3 Å². The number of amides is 1. The van der Waals surface area contributed by atoms with E-state index in [4.69, 9.17) is 9.15 Å². The first kappa shape index (κ1) is 13.7. The van der Waals surface area contributed by atoms with Gasteiger partial charge in [-0.15, -0.1) is 0 Å². The summed E-state index contributed by atoms with van der Waals surface area (Å²) in [4.78, 5) is 23.4. The molecule has 6 heteroatoms. The highest BCUT2D eigenvalue weighted by atomic mass is 16.6. The Morgan fingerprint density at radius 1 is 1.15 bits per heavy atom. The van der Waals surface area contributed by atoms with Gasteiger partial charge in [-0.25, -0.2) is 9.59 Å². The lowest BCUT2D eigenvalue weighted by atomic mass is 10.2. The molecule has 2 rings (SSSR count). The zero-order valence-electron chi connectivity index (χ0n) is 10.7. The van der Waals surface area contributed by atoms with Gasteiger partial charge in [0.25, 0.3) is 0 Å². The van der Waals surface area contributed by atoms with Gasteiger partial charge in [0.15, 0.2) is 6.04 Å². The lowest BCUT2D eigenvalue weighted by molar-refractivity contribution is -0.143. The molecule has 0 radical (unpaired) electrons. The minimum atomic E-state index is -1.05. The van der Waals surface area contributed by atoms with Gasteiger partial charge in [-0.1, -0.05) is 18.2 Å². The number of ether oxygens (including phenoxy) is 2. The molecule has 0 aliphatic carbocycles. The molecule has 0 bridgehead atoms. The van der Waals surface area contributed by atoms with E-state index >= 15 is 0 Å². The van der Waals surface area contributed by atoms with E-state index in [9.17, 15) is 9.59 Å². The summed E-state index contributed by atoms with van der Waals surface area (Å²) in [7, 11) is 1.22. The SMILES string of the molecule is COC(=O)C(NC(=O)Oc1ccccc1)c1ccco1. The van der Waals surface area contributed by atoms with Gasteiger partial charge in [-0.2, -0.15) is 0 Å². The van der Waals surface area contributed by atoms with Crippen molar-refractivity contribution in [1.82, 2.24) is 5.32 Å². The van der Waals surface area contributed by atoms with Crippen molar-refractivity contribution in [2.45, 2.75) is 6.04 Å². The van der Waals surface area contributed by atoms with Gasteiger partial charge >= 0.3 is 12.1 Å². The Bertz CT molecular complexity index is 565. The number of rotatable bonds is 4. The third kappa shape index (κ3) is 3.38. The predicted octanol–water partition coefficient (Wildman–Crippen LogP) is 2.28. The van der Waals surface area contributed by atoms with Crippen molar-refractivity contribution in [2.24, 2.45) is 0 Å². The van der Waals surface area contributed by atoms with E-state index in [-0.39, 0.29) is 5.76 Å². The molecule has 1 unspecified atom stereocenters. The van der Waals surface area contributed by atoms with E-state index in [0.29, 0.717) is 5.75 Å².